The number of ether oxygens (including phenoxy) is 2. The summed E-state index contributed by atoms with van der Waals surface area (Å²) in [5, 5.41) is 9.18. The third-order valence-corrected chi connectivity index (χ3v) is 2.09. The molecule has 0 saturated heterocycles. The number of benzene rings is 1. The van der Waals surface area contributed by atoms with E-state index in [4.69, 9.17) is 4.74 Å². The Morgan fingerprint density at radius 2 is 2.19 bits per heavy atom. The zero-order valence-corrected chi connectivity index (χ0v) is 9.31. The first-order chi connectivity index (χ1) is 7.72. The zero-order valence-electron chi connectivity index (χ0n) is 9.31. The first-order valence-electron chi connectivity index (χ1n) is 5.21. The summed E-state index contributed by atoms with van der Waals surface area (Å²) in [4.78, 5) is 10.8. The van der Waals surface area contributed by atoms with Gasteiger partial charge in [-0.1, -0.05) is 6.07 Å². The van der Waals surface area contributed by atoms with E-state index in [0.717, 1.165) is 12.8 Å². The molecular formula is C12H16O4. The van der Waals surface area contributed by atoms with Crippen molar-refractivity contribution in [2.45, 2.75) is 19.3 Å². The van der Waals surface area contributed by atoms with Crippen molar-refractivity contribution < 1.29 is 19.4 Å². The number of esters is 1. The van der Waals surface area contributed by atoms with Crippen LogP contribution in [0.4, 0.5) is 0 Å². The van der Waals surface area contributed by atoms with Crippen LogP contribution in [0.15, 0.2) is 24.3 Å². The Balaban J connectivity index is 2.14. The smallest absolute Gasteiger partial charge is 0.305 e. The molecule has 0 aromatic heterocycles. The maximum atomic E-state index is 10.8. The van der Waals surface area contributed by atoms with Crippen molar-refractivity contribution in [3.8, 4) is 11.5 Å². The number of unbranched alkanes of at least 4 members (excludes halogenated alkanes) is 1. The number of aromatic hydroxyl groups is 1. The maximum absolute atomic E-state index is 10.8. The zero-order chi connectivity index (χ0) is 11.8. The van der Waals surface area contributed by atoms with E-state index in [-0.39, 0.29) is 11.7 Å². The molecule has 0 amide bonds. The summed E-state index contributed by atoms with van der Waals surface area (Å²) < 4.78 is 9.91. The minimum Gasteiger partial charge on any atom is -0.508 e. The molecule has 4 nitrogen and oxygen atoms in total. The van der Waals surface area contributed by atoms with Gasteiger partial charge in [-0.05, 0) is 25.0 Å². The lowest BCUT2D eigenvalue weighted by molar-refractivity contribution is -0.140. The predicted molar refractivity (Wildman–Crippen MR) is 59.5 cm³/mol. The Kier molecular flexibility index (Phi) is 5.19. The molecule has 0 saturated carbocycles. The van der Waals surface area contributed by atoms with Gasteiger partial charge in [0.15, 0.2) is 0 Å². The molecule has 4 heteroatoms. The highest BCUT2D eigenvalue weighted by molar-refractivity contribution is 5.68. The van der Waals surface area contributed by atoms with E-state index >= 15 is 0 Å². The second kappa shape index (κ2) is 6.71. The molecule has 88 valence electrons. The van der Waals surface area contributed by atoms with Gasteiger partial charge in [0.1, 0.15) is 11.5 Å². The molecule has 0 radical (unpaired) electrons. The van der Waals surface area contributed by atoms with E-state index in [1.54, 1.807) is 24.3 Å². The summed E-state index contributed by atoms with van der Waals surface area (Å²) in [6.07, 6.45) is 1.94. The third-order valence-electron chi connectivity index (χ3n) is 2.09. The highest BCUT2D eigenvalue weighted by Gasteiger charge is 2.00. The van der Waals surface area contributed by atoms with Crippen molar-refractivity contribution in [3.63, 3.8) is 0 Å². The number of hydrogen-bond acceptors (Lipinski definition) is 4. The Morgan fingerprint density at radius 3 is 2.88 bits per heavy atom. The standard InChI is InChI=1S/C12H16O4/c1-15-12(14)7-2-3-8-16-11-6-4-5-10(13)9-11/h4-6,9,13H,2-3,7-8H2,1H3. The molecule has 1 aromatic rings. The Bertz CT molecular complexity index is 336. The summed E-state index contributed by atoms with van der Waals surface area (Å²) in [5.41, 5.74) is 0. The minimum absolute atomic E-state index is 0.187. The van der Waals surface area contributed by atoms with Gasteiger partial charge < -0.3 is 14.6 Å². The fraction of sp³-hybridized carbons (Fsp3) is 0.417. The van der Waals surface area contributed by atoms with Crippen LogP contribution in [0, 0.1) is 0 Å². The van der Waals surface area contributed by atoms with E-state index < -0.39 is 0 Å². The number of methoxy groups -OCH3 is 1. The summed E-state index contributed by atoms with van der Waals surface area (Å²) in [5.74, 6) is 0.627. The van der Waals surface area contributed by atoms with Crippen molar-refractivity contribution in [1.29, 1.82) is 0 Å². The first-order valence-corrected chi connectivity index (χ1v) is 5.21. The van der Waals surface area contributed by atoms with Crippen LogP contribution in [0.2, 0.25) is 0 Å². The van der Waals surface area contributed by atoms with Gasteiger partial charge >= 0.3 is 5.97 Å². The maximum Gasteiger partial charge on any atom is 0.305 e. The predicted octanol–water partition coefficient (Wildman–Crippen LogP) is 2.11. The van der Waals surface area contributed by atoms with Gasteiger partial charge in [0.2, 0.25) is 0 Å². The molecule has 0 bridgehead atoms. The van der Waals surface area contributed by atoms with E-state index in [2.05, 4.69) is 4.74 Å². The molecule has 16 heavy (non-hydrogen) atoms. The highest BCUT2D eigenvalue weighted by Crippen LogP contribution is 2.17. The molecule has 0 aliphatic carbocycles. The van der Waals surface area contributed by atoms with Crippen LogP contribution in [-0.4, -0.2) is 24.8 Å². The molecule has 0 atom stereocenters. The second-order valence-corrected chi connectivity index (χ2v) is 3.38. The van der Waals surface area contributed by atoms with Gasteiger partial charge in [0, 0.05) is 12.5 Å². The summed E-state index contributed by atoms with van der Waals surface area (Å²) >= 11 is 0. The Hall–Kier alpha value is -1.71. The van der Waals surface area contributed by atoms with Crippen LogP contribution < -0.4 is 4.74 Å². The Labute approximate surface area is 94.8 Å². The molecule has 0 spiro atoms. The average Bonchev–Trinajstić information content (AvgIpc) is 2.28. The molecule has 1 rings (SSSR count). The number of hydrogen-bond donors (Lipinski definition) is 1. The van der Waals surface area contributed by atoms with Crippen LogP contribution in [0.3, 0.4) is 0 Å². The molecule has 0 unspecified atom stereocenters. The average molecular weight is 224 g/mol. The first kappa shape index (κ1) is 12.4. The van der Waals surface area contributed by atoms with Gasteiger partial charge in [-0.3, -0.25) is 4.79 Å². The fourth-order valence-corrected chi connectivity index (χ4v) is 1.24. The summed E-state index contributed by atoms with van der Waals surface area (Å²) in [7, 11) is 1.38. The number of rotatable bonds is 6. The van der Waals surface area contributed by atoms with Gasteiger partial charge in [-0.2, -0.15) is 0 Å². The molecule has 0 fully saturated rings. The summed E-state index contributed by atoms with van der Waals surface area (Å²) in [6.45, 7) is 0.528. The number of carbonyl (C=O) groups is 1. The van der Waals surface area contributed by atoms with Gasteiger partial charge in [0.25, 0.3) is 0 Å². The van der Waals surface area contributed by atoms with Gasteiger partial charge in [-0.15, -0.1) is 0 Å². The van der Waals surface area contributed by atoms with E-state index in [1.165, 1.54) is 7.11 Å². The molecular weight excluding hydrogens is 208 g/mol. The SMILES string of the molecule is COC(=O)CCCCOc1cccc(O)c1. The van der Waals surface area contributed by atoms with Crippen LogP contribution >= 0.6 is 0 Å². The van der Waals surface area contributed by atoms with Crippen molar-refractivity contribution in [2.24, 2.45) is 0 Å². The van der Waals surface area contributed by atoms with Crippen molar-refractivity contribution in [2.75, 3.05) is 13.7 Å². The quantitative estimate of drug-likeness (QED) is 0.594. The van der Waals surface area contributed by atoms with Gasteiger partial charge in [-0.25, -0.2) is 0 Å². The number of phenols is 1. The van der Waals surface area contributed by atoms with Crippen molar-refractivity contribution >= 4 is 5.97 Å². The normalized spacial score (nSPS) is 9.81. The van der Waals surface area contributed by atoms with Crippen LogP contribution in [-0.2, 0) is 9.53 Å². The molecule has 1 N–H and O–H groups in total. The molecule has 1 aromatic carbocycles. The summed E-state index contributed by atoms with van der Waals surface area (Å²) in [6, 6.07) is 6.64. The van der Waals surface area contributed by atoms with Crippen molar-refractivity contribution in [1.82, 2.24) is 0 Å². The molecule has 0 aliphatic rings. The topological polar surface area (TPSA) is 55.8 Å². The monoisotopic (exact) mass is 224 g/mol. The lowest BCUT2D eigenvalue weighted by atomic mass is 10.2. The van der Waals surface area contributed by atoms with Crippen LogP contribution in [0.5, 0.6) is 11.5 Å². The Morgan fingerprint density at radius 1 is 1.38 bits per heavy atom. The van der Waals surface area contributed by atoms with E-state index in [9.17, 15) is 9.90 Å². The fourth-order valence-electron chi connectivity index (χ4n) is 1.24. The molecule has 0 aliphatic heterocycles. The minimum atomic E-state index is -0.197. The van der Waals surface area contributed by atoms with Crippen LogP contribution in [0.1, 0.15) is 19.3 Å². The third kappa shape index (κ3) is 4.68. The van der Waals surface area contributed by atoms with E-state index in [0.29, 0.717) is 18.8 Å². The molecule has 0 heterocycles. The van der Waals surface area contributed by atoms with Gasteiger partial charge in [0.05, 0.1) is 13.7 Å². The number of phenolic OH excluding ortho intramolecular Hbond substituents is 1. The highest BCUT2D eigenvalue weighted by atomic mass is 16.5. The van der Waals surface area contributed by atoms with E-state index in [1.807, 2.05) is 0 Å². The number of carbonyl (C=O) groups excluding carboxylic acids is 1. The lowest BCUT2D eigenvalue weighted by Crippen LogP contribution is -2.02. The van der Waals surface area contributed by atoms with Crippen molar-refractivity contribution in [3.05, 3.63) is 24.3 Å². The largest absolute Gasteiger partial charge is 0.508 e. The van der Waals surface area contributed by atoms with Crippen LogP contribution in [0.25, 0.3) is 0 Å². The second-order valence-electron chi connectivity index (χ2n) is 3.38. The lowest BCUT2D eigenvalue weighted by Gasteiger charge is -2.05.